The van der Waals surface area contributed by atoms with Crippen LogP contribution in [0.3, 0.4) is 0 Å². The summed E-state index contributed by atoms with van der Waals surface area (Å²) in [6, 6.07) is 4.11. The number of hydrogen-bond acceptors (Lipinski definition) is 2. The fraction of sp³-hybridized carbons (Fsp3) is 0.429. The molecule has 0 spiro atoms. The summed E-state index contributed by atoms with van der Waals surface area (Å²) in [6.07, 6.45) is 5.82. The van der Waals surface area contributed by atoms with Gasteiger partial charge < -0.3 is 0 Å². The highest BCUT2D eigenvalue weighted by atomic mass is 15.3. The van der Waals surface area contributed by atoms with Crippen molar-refractivity contribution in [1.82, 2.24) is 14.8 Å². The van der Waals surface area contributed by atoms with E-state index in [1.807, 2.05) is 30.1 Å². The molecule has 0 aliphatic heterocycles. The van der Waals surface area contributed by atoms with Gasteiger partial charge in [0.15, 0.2) is 0 Å². The molecule has 0 amide bonds. The lowest BCUT2D eigenvalue weighted by atomic mass is 9.97. The number of aromatic nitrogens is 3. The molecule has 0 aliphatic carbocycles. The third-order valence-electron chi connectivity index (χ3n) is 2.48. The van der Waals surface area contributed by atoms with Crippen LogP contribution in [0.2, 0.25) is 0 Å². The van der Waals surface area contributed by atoms with Gasteiger partial charge in [-0.05, 0) is 24.0 Å². The molecular weight excluding hydrogens is 210 g/mol. The predicted octanol–water partition coefficient (Wildman–Crippen LogP) is 3.30. The van der Waals surface area contributed by atoms with Gasteiger partial charge in [0.2, 0.25) is 0 Å². The molecule has 0 radical (unpaired) electrons. The number of hydrogen-bond donors (Lipinski definition) is 0. The van der Waals surface area contributed by atoms with Crippen LogP contribution in [0.5, 0.6) is 0 Å². The zero-order valence-electron chi connectivity index (χ0n) is 10.9. The van der Waals surface area contributed by atoms with Gasteiger partial charge in [-0.25, -0.2) is 0 Å². The average Bonchev–Trinajstić information content (AvgIpc) is 2.64. The Morgan fingerprint density at radius 3 is 2.53 bits per heavy atom. The fourth-order valence-electron chi connectivity index (χ4n) is 1.71. The Morgan fingerprint density at radius 1 is 1.18 bits per heavy atom. The molecule has 2 aromatic heterocycles. The van der Waals surface area contributed by atoms with Crippen molar-refractivity contribution in [2.45, 2.75) is 34.2 Å². The first kappa shape index (κ1) is 11.8. The van der Waals surface area contributed by atoms with E-state index in [-0.39, 0.29) is 5.41 Å². The third-order valence-corrected chi connectivity index (χ3v) is 2.48. The summed E-state index contributed by atoms with van der Waals surface area (Å²) >= 11 is 0. The van der Waals surface area contributed by atoms with Crippen molar-refractivity contribution in [2.24, 2.45) is 5.41 Å². The van der Waals surface area contributed by atoms with Gasteiger partial charge in [-0.3, -0.25) is 9.67 Å². The maximum Gasteiger partial charge on any atom is 0.0733 e. The van der Waals surface area contributed by atoms with Gasteiger partial charge in [-0.2, -0.15) is 5.10 Å². The molecule has 0 saturated heterocycles. The summed E-state index contributed by atoms with van der Waals surface area (Å²) in [4.78, 5) is 4.40. The van der Waals surface area contributed by atoms with Crippen LogP contribution >= 0.6 is 0 Å². The van der Waals surface area contributed by atoms with E-state index in [1.165, 1.54) is 5.56 Å². The molecule has 3 heteroatoms. The zero-order chi connectivity index (χ0) is 12.5. The van der Waals surface area contributed by atoms with Crippen LogP contribution in [-0.2, 0) is 6.54 Å². The highest BCUT2D eigenvalue weighted by molar-refractivity contribution is 5.56. The number of aryl methyl sites for hydroxylation is 1. The smallest absolute Gasteiger partial charge is 0.0733 e. The number of rotatable bonds is 2. The van der Waals surface area contributed by atoms with Crippen molar-refractivity contribution >= 4 is 0 Å². The van der Waals surface area contributed by atoms with Crippen LogP contribution in [0.25, 0.3) is 11.3 Å². The molecule has 0 atom stereocenters. The van der Waals surface area contributed by atoms with E-state index < -0.39 is 0 Å². The van der Waals surface area contributed by atoms with Gasteiger partial charge in [0.05, 0.1) is 11.9 Å². The molecule has 3 nitrogen and oxygen atoms in total. The lowest BCUT2D eigenvalue weighted by Gasteiger charge is -2.17. The number of pyridine rings is 1. The summed E-state index contributed by atoms with van der Waals surface area (Å²) < 4.78 is 1.98. The lowest BCUT2D eigenvalue weighted by molar-refractivity contribution is 0.325. The van der Waals surface area contributed by atoms with E-state index >= 15 is 0 Å². The molecular formula is C14H19N3. The van der Waals surface area contributed by atoms with Gasteiger partial charge >= 0.3 is 0 Å². The molecule has 17 heavy (non-hydrogen) atoms. The Balaban J connectivity index is 2.21. The summed E-state index contributed by atoms with van der Waals surface area (Å²) in [6.45, 7) is 9.58. The van der Waals surface area contributed by atoms with Gasteiger partial charge in [0.25, 0.3) is 0 Å². The lowest BCUT2D eigenvalue weighted by Crippen LogP contribution is -2.15. The quantitative estimate of drug-likeness (QED) is 0.791. The molecule has 0 bridgehead atoms. The van der Waals surface area contributed by atoms with Crippen molar-refractivity contribution in [1.29, 1.82) is 0 Å². The minimum absolute atomic E-state index is 0.240. The van der Waals surface area contributed by atoms with Crippen molar-refractivity contribution in [3.63, 3.8) is 0 Å². The van der Waals surface area contributed by atoms with Crippen molar-refractivity contribution < 1.29 is 0 Å². The third kappa shape index (κ3) is 3.16. The molecule has 0 N–H and O–H groups in total. The first-order chi connectivity index (χ1) is 7.94. The molecule has 2 rings (SSSR count). The maximum atomic E-state index is 4.40. The minimum atomic E-state index is 0.240. The van der Waals surface area contributed by atoms with Crippen molar-refractivity contribution in [3.05, 3.63) is 36.3 Å². The minimum Gasteiger partial charge on any atom is -0.272 e. The first-order valence-corrected chi connectivity index (χ1v) is 5.89. The van der Waals surface area contributed by atoms with Crippen molar-refractivity contribution in [3.8, 4) is 11.3 Å². The molecule has 0 fully saturated rings. The van der Waals surface area contributed by atoms with E-state index in [0.717, 1.165) is 17.8 Å². The van der Waals surface area contributed by atoms with E-state index in [0.29, 0.717) is 0 Å². The Kier molecular flexibility index (Phi) is 3.01. The summed E-state index contributed by atoms with van der Waals surface area (Å²) in [5.74, 6) is 0. The van der Waals surface area contributed by atoms with E-state index in [2.05, 4.69) is 43.1 Å². The number of nitrogens with zero attached hydrogens (tertiary/aromatic N) is 3. The summed E-state index contributed by atoms with van der Waals surface area (Å²) in [5.41, 5.74) is 3.48. The van der Waals surface area contributed by atoms with Crippen LogP contribution < -0.4 is 0 Å². The van der Waals surface area contributed by atoms with Crippen LogP contribution in [0, 0.1) is 12.3 Å². The fourth-order valence-corrected chi connectivity index (χ4v) is 1.71. The standard InChI is InChI=1S/C14H19N3/c1-11-5-6-13(15-7-11)12-8-16-17(9-12)10-14(2,3)4/h5-9H,10H2,1-4H3. The molecule has 0 unspecified atom stereocenters. The van der Waals surface area contributed by atoms with Gasteiger partial charge in [0, 0.05) is 24.5 Å². The zero-order valence-corrected chi connectivity index (χ0v) is 10.9. The Hall–Kier alpha value is -1.64. The topological polar surface area (TPSA) is 30.7 Å². The summed E-state index contributed by atoms with van der Waals surface area (Å²) in [5, 5.41) is 4.38. The van der Waals surface area contributed by atoms with E-state index in [4.69, 9.17) is 0 Å². The average molecular weight is 229 g/mol. The van der Waals surface area contributed by atoms with Crippen LogP contribution in [0.15, 0.2) is 30.7 Å². The largest absolute Gasteiger partial charge is 0.272 e. The SMILES string of the molecule is Cc1ccc(-c2cnn(CC(C)(C)C)c2)nc1. The highest BCUT2D eigenvalue weighted by Gasteiger charge is 2.12. The molecule has 0 saturated carbocycles. The van der Waals surface area contributed by atoms with E-state index in [9.17, 15) is 0 Å². The van der Waals surface area contributed by atoms with Gasteiger partial charge in [-0.15, -0.1) is 0 Å². The van der Waals surface area contributed by atoms with Gasteiger partial charge in [-0.1, -0.05) is 26.8 Å². The highest BCUT2D eigenvalue weighted by Crippen LogP contribution is 2.19. The molecule has 2 aromatic rings. The monoisotopic (exact) mass is 229 g/mol. The van der Waals surface area contributed by atoms with Crippen LogP contribution in [-0.4, -0.2) is 14.8 Å². The normalized spacial score (nSPS) is 11.8. The second-order valence-corrected chi connectivity index (χ2v) is 5.71. The molecule has 0 aromatic carbocycles. The maximum absolute atomic E-state index is 4.40. The first-order valence-electron chi connectivity index (χ1n) is 5.89. The summed E-state index contributed by atoms with van der Waals surface area (Å²) in [7, 11) is 0. The Labute approximate surface area is 103 Å². The second-order valence-electron chi connectivity index (χ2n) is 5.71. The Morgan fingerprint density at radius 2 is 1.94 bits per heavy atom. The molecule has 2 heterocycles. The van der Waals surface area contributed by atoms with Gasteiger partial charge in [0.1, 0.15) is 0 Å². The van der Waals surface area contributed by atoms with E-state index in [1.54, 1.807) is 0 Å². The molecule has 0 aliphatic rings. The predicted molar refractivity (Wildman–Crippen MR) is 69.7 cm³/mol. The van der Waals surface area contributed by atoms with Crippen LogP contribution in [0.4, 0.5) is 0 Å². The van der Waals surface area contributed by atoms with Crippen molar-refractivity contribution in [2.75, 3.05) is 0 Å². The Bertz CT molecular complexity index is 489. The second kappa shape index (κ2) is 4.32. The van der Waals surface area contributed by atoms with Crippen LogP contribution in [0.1, 0.15) is 26.3 Å². The molecule has 90 valence electrons.